The Bertz CT molecular complexity index is 550. The number of rotatable bonds is 1. The number of furan rings is 1. The third-order valence-electron chi connectivity index (χ3n) is 3.34. The highest BCUT2D eigenvalue weighted by Gasteiger charge is 2.25. The predicted molar refractivity (Wildman–Crippen MR) is 86.8 cm³/mol. The summed E-state index contributed by atoms with van der Waals surface area (Å²) < 4.78 is 5.85. The molecule has 1 aromatic rings. The summed E-state index contributed by atoms with van der Waals surface area (Å²) in [5.41, 5.74) is -0.265. The van der Waals surface area contributed by atoms with Crippen LogP contribution in [0, 0.1) is 0 Å². The number of amides is 3. The zero-order valence-corrected chi connectivity index (χ0v) is 14.8. The lowest BCUT2D eigenvalue weighted by Gasteiger charge is -2.27. The van der Waals surface area contributed by atoms with Gasteiger partial charge in [-0.3, -0.25) is 4.79 Å². The van der Waals surface area contributed by atoms with Crippen molar-refractivity contribution < 1.29 is 14.0 Å². The summed E-state index contributed by atoms with van der Waals surface area (Å²) in [5.74, 6) is 0.184. The summed E-state index contributed by atoms with van der Waals surface area (Å²) in [6, 6.07) is 3.28. The van der Waals surface area contributed by atoms with Crippen LogP contribution >= 0.6 is 15.9 Å². The fourth-order valence-corrected chi connectivity index (χ4v) is 2.62. The van der Waals surface area contributed by atoms with Gasteiger partial charge in [-0.25, -0.2) is 4.79 Å². The van der Waals surface area contributed by atoms with Crippen LogP contribution in [-0.2, 0) is 0 Å². The molecule has 0 radical (unpaired) electrons. The molecule has 1 aliphatic heterocycles. The van der Waals surface area contributed by atoms with E-state index < -0.39 is 0 Å². The van der Waals surface area contributed by atoms with E-state index in [9.17, 15) is 9.59 Å². The predicted octanol–water partition coefficient (Wildman–Crippen LogP) is 2.70. The van der Waals surface area contributed by atoms with Gasteiger partial charge in [0.2, 0.25) is 0 Å². The number of nitrogens with zero attached hydrogens (tertiary/aromatic N) is 2. The van der Waals surface area contributed by atoms with E-state index >= 15 is 0 Å². The summed E-state index contributed by atoms with van der Waals surface area (Å²) in [6.07, 6.45) is 0.755. The number of hydrogen-bond donors (Lipinski definition) is 1. The summed E-state index contributed by atoms with van der Waals surface area (Å²) >= 11 is 3.20. The Balaban J connectivity index is 1.95. The van der Waals surface area contributed by atoms with E-state index in [-0.39, 0.29) is 17.5 Å². The van der Waals surface area contributed by atoms with Gasteiger partial charge in [0.15, 0.2) is 10.4 Å². The van der Waals surface area contributed by atoms with Crippen molar-refractivity contribution in [1.82, 2.24) is 15.1 Å². The Morgan fingerprint density at radius 3 is 2.36 bits per heavy atom. The number of nitrogens with one attached hydrogen (secondary N) is 1. The monoisotopic (exact) mass is 371 g/mol. The Morgan fingerprint density at radius 2 is 1.77 bits per heavy atom. The van der Waals surface area contributed by atoms with Gasteiger partial charge in [-0.05, 0) is 55.3 Å². The number of carbonyl (C=O) groups excluding carboxylic acids is 2. The van der Waals surface area contributed by atoms with Crippen molar-refractivity contribution in [3.8, 4) is 0 Å². The van der Waals surface area contributed by atoms with Crippen LogP contribution < -0.4 is 5.32 Å². The lowest BCUT2D eigenvalue weighted by atomic mass is 10.1. The summed E-state index contributed by atoms with van der Waals surface area (Å²) in [7, 11) is 0. The highest BCUT2D eigenvalue weighted by atomic mass is 79.9. The maximum absolute atomic E-state index is 12.4. The van der Waals surface area contributed by atoms with Gasteiger partial charge in [-0.2, -0.15) is 0 Å². The molecule has 6 nitrogen and oxygen atoms in total. The second kappa shape index (κ2) is 6.73. The van der Waals surface area contributed by atoms with E-state index in [1.165, 1.54) is 0 Å². The minimum Gasteiger partial charge on any atom is -0.444 e. The maximum Gasteiger partial charge on any atom is 0.317 e. The smallest absolute Gasteiger partial charge is 0.317 e. The van der Waals surface area contributed by atoms with E-state index in [0.717, 1.165) is 6.42 Å². The molecule has 1 fully saturated rings. The fourth-order valence-electron chi connectivity index (χ4n) is 2.31. The first kappa shape index (κ1) is 16.9. The SMILES string of the molecule is CC(C)(C)NC(=O)N1CCCN(C(=O)c2ccc(Br)o2)CC1. The molecule has 1 saturated heterocycles. The van der Waals surface area contributed by atoms with Crippen molar-refractivity contribution in [1.29, 1.82) is 0 Å². The van der Waals surface area contributed by atoms with Crippen LogP contribution in [-0.4, -0.2) is 53.5 Å². The minimum atomic E-state index is -0.265. The van der Waals surface area contributed by atoms with Gasteiger partial charge < -0.3 is 19.5 Å². The Hall–Kier alpha value is -1.50. The third kappa shape index (κ3) is 4.50. The average Bonchev–Trinajstić information content (AvgIpc) is 2.70. The Labute approximate surface area is 138 Å². The first-order valence-electron chi connectivity index (χ1n) is 7.38. The van der Waals surface area contributed by atoms with Gasteiger partial charge in [-0.15, -0.1) is 0 Å². The van der Waals surface area contributed by atoms with Crippen LogP contribution in [0.4, 0.5) is 4.79 Å². The van der Waals surface area contributed by atoms with Crippen molar-refractivity contribution in [3.63, 3.8) is 0 Å². The van der Waals surface area contributed by atoms with Crippen molar-refractivity contribution >= 4 is 27.9 Å². The summed E-state index contributed by atoms with van der Waals surface area (Å²) in [5, 5.41) is 2.95. The van der Waals surface area contributed by atoms with Crippen LogP contribution in [0.1, 0.15) is 37.7 Å². The van der Waals surface area contributed by atoms with Gasteiger partial charge >= 0.3 is 6.03 Å². The van der Waals surface area contributed by atoms with E-state index in [0.29, 0.717) is 36.6 Å². The molecule has 2 rings (SSSR count). The second-order valence-corrected chi connectivity index (χ2v) is 7.20. The summed E-state index contributed by atoms with van der Waals surface area (Å²) in [6.45, 7) is 8.15. The molecule has 22 heavy (non-hydrogen) atoms. The van der Waals surface area contributed by atoms with Crippen LogP contribution in [0.2, 0.25) is 0 Å². The lowest BCUT2D eigenvalue weighted by Crippen LogP contribution is -2.49. The lowest BCUT2D eigenvalue weighted by molar-refractivity contribution is 0.0728. The molecule has 0 bridgehead atoms. The van der Waals surface area contributed by atoms with Crippen LogP contribution in [0.25, 0.3) is 0 Å². The molecule has 0 saturated carbocycles. The highest BCUT2D eigenvalue weighted by molar-refractivity contribution is 9.10. The second-order valence-electron chi connectivity index (χ2n) is 6.42. The quantitative estimate of drug-likeness (QED) is 0.825. The fraction of sp³-hybridized carbons (Fsp3) is 0.600. The van der Waals surface area contributed by atoms with E-state index in [2.05, 4.69) is 21.2 Å². The molecule has 2 heterocycles. The van der Waals surface area contributed by atoms with E-state index in [1.807, 2.05) is 20.8 Å². The number of carbonyl (C=O) groups is 2. The van der Waals surface area contributed by atoms with Gasteiger partial charge in [0.25, 0.3) is 5.91 Å². The van der Waals surface area contributed by atoms with Crippen molar-refractivity contribution in [2.45, 2.75) is 32.7 Å². The third-order valence-corrected chi connectivity index (χ3v) is 3.76. The first-order chi connectivity index (χ1) is 10.3. The molecule has 122 valence electrons. The average molecular weight is 372 g/mol. The molecule has 1 aromatic heterocycles. The number of urea groups is 1. The highest BCUT2D eigenvalue weighted by Crippen LogP contribution is 2.17. The Morgan fingerprint density at radius 1 is 1.14 bits per heavy atom. The molecule has 0 atom stereocenters. The van der Waals surface area contributed by atoms with E-state index in [4.69, 9.17) is 4.42 Å². The molecular formula is C15H22BrN3O3. The normalized spacial score (nSPS) is 16.4. The molecule has 0 aromatic carbocycles. The first-order valence-corrected chi connectivity index (χ1v) is 8.17. The molecular weight excluding hydrogens is 350 g/mol. The largest absolute Gasteiger partial charge is 0.444 e. The molecule has 0 unspecified atom stereocenters. The van der Waals surface area contributed by atoms with Gasteiger partial charge in [0.05, 0.1) is 0 Å². The van der Waals surface area contributed by atoms with Gasteiger partial charge in [0.1, 0.15) is 0 Å². The van der Waals surface area contributed by atoms with E-state index in [1.54, 1.807) is 21.9 Å². The van der Waals surface area contributed by atoms with Crippen LogP contribution in [0.15, 0.2) is 21.2 Å². The number of hydrogen-bond acceptors (Lipinski definition) is 3. The molecule has 3 amide bonds. The van der Waals surface area contributed by atoms with Crippen molar-refractivity contribution in [2.75, 3.05) is 26.2 Å². The molecule has 0 spiro atoms. The van der Waals surface area contributed by atoms with Crippen LogP contribution in [0.5, 0.6) is 0 Å². The Kier molecular flexibility index (Phi) is 5.16. The summed E-state index contributed by atoms with van der Waals surface area (Å²) in [4.78, 5) is 28.1. The maximum atomic E-state index is 12.4. The van der Waals surface area contributed by atoms with Gasteiger partial charge in [0, 0.05) is 31.7 Å². The zero-order chi connectivity index (χ0) is 16.3. The molecule has 0 aliphatic carbocycles. The van der Waals surface area contributed by atoms with Crippen LogP contribution in [0.3, 0.4) is 0 Å². The topological polar surface area (TPSA) is 65.8 Å². The minimum absolute atomic E-state index is 0.0810. The van der Waals surface area contributed by atoms with Gasteiger partial charge in [-0.1, -0.05) is 0 Å². The standard InChI is InChI=1S/C15H22BrN3O3/c1-15(2,3)17-14(21)19-8-4-7-18(9-10-19)13(20)11-5-6-12(16)22-11/h5-6H,4,7-10H2,1-3H3,(H,17,21). The number of halogens is 1. The van der Waals surface area contributed by atoms with Crippen molar-refractivity contribution in [3.05, 3.63) is 22.6 Å². The molecule has 7 heteroatoms. The zero-order valence-electron chi connectivity index (χ0n) is 13.2. The molecule has 1 N–H and O–H groups in total. The molecule has 1 aliphatic rings. The van der Waals surface area contributed by atoms with Crippen molar-refractivity contribution in [2.24, 2.45) is 0 Å².